The highest BCUT2D eigenvalue weighted by molar-refractivity contribution is 7.99. The number of rotatable bonds is 8. The molecule has 4 aromatic rings. The number of nitrogen functional groups attached to an aromatic ring is 1. The summed E-state index contributed by atoms with van der Waals surface area (Å²) in [5.74, 6) is 5.66. The molecule has 0 aliphatic carbocycles. The fourth-order valence-electron chi connectivity index (χ4n) is 2.87. The molecule has 33 heavy (non-hydrogen) atoms. The van der Waals surface area contributed by atoms with Crippen LogP contribution in [0.2, 0.25) is 0 Å². The van der Waals surface area contributed by atoms with Crippen LogP contribution in [-0.2, 0) is 17.9 Å². The maximum Gasteiger partial charge on any atom is 0.258 e. The highest BCUT2D eigenvalue weighted by Gasteiger charge is 2.14. The van der Waals surface area contributed by atoms with E-state index in [0.717, 1.165) is 17.3 Å². The van der Waals surface area contributed by atoms with Gasteiger partial charge in [-0.1, -0.05) is 53.7 Å². The molecule has 0 aliphatic heterocycles. The van der Waals surface area contributed by atoms with Gasteiger partial charge in [-0.15, -0.1) is 21.5 Å². The molecule has 170 valence electrons. The molecule has 2 heterocycles. The third-order valence-electron chi connectivity index (χ3n) is 4.61. The predicted molar refractivity (Wildman–Crippen MR) is 125 cm³/mol. The Bertz CT molecular complexity index is 1310. The van der Waals surface area contributed by atoms with Crippen LogP contribution in [0.3, 0.4) is 0 Å². The lowest BCUT2D eigenvalue weighted by Gasteiger charge is -2.06. The van der Waals surface area contributed by atoms with Crippen molar-refractivity contribution in [1.82, 2.24) is 19.4 Å². The minimum Gasteiger partial charge on any atom is -0.482 e. The van der Waals surface area contributed by atoms with E-state index in [0.29, 0.717) is 22.3 Å². The molecule has 0 radical (unpaired) electrons. The summed E-state index contributed by atoms with van der Waals surface area (Å²) in [5.41, 5.74) is 2.32. The molecule has 0 fully saturated rings. The Morgan fingerprint density at radius 3 is 2.79 bits per heavy atom. The molecule has 2 aromatic carbocycles. The second-order valence-corrected chi connectivity index (χ2v) is 8.90. The van der Waals surface area contributed by atoms with E-state index in [1.807, 2.05) is 23.1 Å². The van der Waals surface area contributed by atoms with Gasteiger partial charge in [-0.05, 0) is 24.6 Å². The molecule has 0 atom stereocenters. The van der Waals surface area contributed by atoms with Crippen LogP contribution in [0.4, 0.5) is 4.39 Å². The van der Waals surface area contributed by atoms with Crippen molar-refractivity contribution in [2.24, 2.45) is 4.99 Å². The molecule has 8 nitrogen and oxygen atoms in total. The van der Waals surface area contributed by atoms with E-state index in [1.54, 1.807) is 12.1 Å². The van der Waals surface area contributed by atoms with Crippen LogP contribution in [0.1, 0.15) is 17.0 Å². The van der Waals surface area contributed by atoms with E-state index in [4.69, 9.17) is 10.6 Å². The molecule has 11 heteroatoms. The number of aromatic nitrogens is 4. The standard InChI is InChI=1S/C22H21FN6O2S2/c1-15-6-8-16(9-7-15)12-28-10-11-32-21(28)25-20(30)14-33-22-27-26-19(29(22)24)13-31-18-5-3-2-4-17(18)23/h2-11H,12-14,24H2,1H3. The number of hydrogen-bond acceptors (Lipinski definition) is 7. The van der Waals surface area contributed by atoms with Gasteiger partial charge in [0.2, 0.25) is 5.16 Å². The summed E-state index contributed by atoms with van der Waals surface area (Å²) in [5, 5.41) is 10.2. The van der Waals surface area contributed by atoms with Crippen molar-refractivity contribution >= 4 is 29.0 Å². The molecule has 0 spiro atoms. The zero-order chi connectivity index (χ0) is 23.2. The van der Waals surface area contributed by atoms with Gasteiger partial charge in [0.05, 0.1) is 5.75 Å². The highest BCUT2D eigenvalue weighted by atomic mass is 32.2. The van der Waals surface area contributed by atoms with E-state index in [1.165, 1.54) is 33.7 Å². The van der Waals surface area contributed by atoms with Crippen molar-refractivity contribution in [3.63, 3.8) is 0 Å². The van der Waals surface area contributed by atoms with Gasteiger partial charge in [0, 0.05) is 18.1 Å². The molecule has 0 saturated heterocycles. The summed E-state index contributed by atoms with van der Waals surface area (Å²) in [4.78, 5) is 17.3. The average molecular weight is 485 g/mol. The predicted octanol–water partition coefficient (Wildman–Crippen LogP) is 3.15. The zero-order valence-electron chi connectivity index (χ0n) is 17.7. The third kappa shape index (κ3) is 5.88. The van der Waals surface area contributed by atoms with Crippen LogP contribution in [0.5, 0.6) is 5.75 Å². The molecule has 0 bridgehead atoms. The lowest BCUT2D eigenvalue weighted by Crippen LogP contribution is -2.18. The molecule has 4 rings (SSSR count). The van der Waals surface area contributed by atoms with Crippen molar-refractivity contribution in [2.45, 2.75) is 25.2 Å². The number of aryl methyl sites for hydroxylation is 1. The van der Waals surface area contributed by atoms with Gasteiger partial charge in [-0.3, -0.25) is 4.79 Å². The summed E-state index contributed by atoms with van der Waals surface area (Å²) in [7, 11) is 0. The summed E-state index contributed by atoms with van der Waals surface area (Å²) in [6, 6.07) is 14.3. The van der Waals surface area contributed by atoms with Gasteiger partial charge < -0.3 is 15.1 Å². The molecular formula is C22H21FN6O2S2. The smallest absolute Gasteiger partial charge is 0.258 e. The van der Waals surface area contributed by atoms with Crippen molar-refractivity contribution < 1.29 is 13.9 Å². The fourth-order valence-corrected chi connectivity index (χ4v) is 4.28. The number of nitrogens with two attached hydrogens (primary N) is 1. The number of hydrogen-bond donors (Lipinski definition) is 1. The van der Waals surface area contributed by atoms with Crippen LogP contribution in [-0.4, -0.2) is 31.1 Å². The number of nitrogens with zero attached hydrogens (tertiary/aromatic N) is 5. The van der Waals surface area contributed by atoms with Crippen molar-refractivity contribution in [3.05, 3.63) is 87.7 Å². The average Bonchev–Trinajstić information content (AvgIpc) is 3.39. The van der Waals surface area contributed by atoms with Gasteiger partial charge in [0.25, 0.3) is 5.91 Å². The lowest BCUT2D eigenvalue weighted by atomic mass is 10.1. The first-order valence-corrected chi connectivity index (χ1v) is 11.8. The monoisotopic (exact) mass is 484 g/mol. The van der Waals surface area contributed by atoms with Crippen molar-refractivity contribution in [1.29, 1.82) is 0 Å². The normalized spacial score (nSPS) is 11.6. The Balaban J connectivity index is 1.36. The largest absolute Gasteiger partial charge is 0.482 e. The van der Waals surface area contributed by atoms with Crippen LogP contribution in [0.15, 0.2) is 70.3 Å². The van der Waals surface area contributed by atoms with Gasteiger partial charge >= 0.3 is 0 Å². The summed E-state index contributed by atoms with van der Waals surface area (Å²) in [6.45, 7) is 2.61. The van der Waals surface area contributed by atoms with E-state index < -0.39 is 5.82 Å². The third-order valence-corrected chi connectivity index (χ3v) is 6.33. The second-order valence-electron chi connectivity index (χ2n) is 7.08. The topological polar surface area (TPSA) is 100 Å². The lowest BCUT2D eigenvalue weighted by molar-refractivity contribution is -0.115. The maximum absolute atomic E-state index is 13.7. The van der Waals surface area contributed by atoms with Gasteiger partial charge in [-0.25, -0.2) is 9.07 Å². The van der Waals surface area contributed by atoms with Crippen LogP contribution >= 0.6 is 23.1 Å². The quantitative estimate of drug-likeness (QED) is 0.305. The summed E-state index contributed by atoms with van der Waals surface area (Å²) in [6.07, 6.45) is 1.90. The van der Waals surface area contributed by atoms with Crippen LogP contribution in [0, 0.1) is 12.7 Å². The first-order valence-electron chi connectivity index (χ1n) is 9.96. The van der Waals surface area contributed by atoms with Gasteiger partial charge in [0.1, 0.15) is 6.61 Å². The van der Waals surface area contributed by atoms with E-state index in [9.17, 15) is 9.18 Å². The summed E-state index contributed by atoms with van der Waals surface area (Å²) >= 11 is 2.52. The highest BCUT2D eigenvalue weighted by Crippen LogP contribution is 2.18. The Morgan fingerprint density at radius 1 is 1.21 bits per heavy atom. The Labute approximate surface area is 197 Å². The number of amides is 1. The minimum atomic E-state index is -0.476. The van der Waals surface area contributed by atoms with Crippen LogP contribution in [0.25, 0.3) is 0 Å². The number of para-hydroxylation sites is 1. The molecule has 2 aromatic heterocycles. The molecular weight excluding hydrogens is 463 g/mol. The van der Waals surface area contributed by atoms with Crippen LogP contribution < -0.4 is 15.4 Å². The Hall–Kier alpha value is -3.44. The molecule has 0 saturated carbocycles. The molecule has 0 aliphatic rings. The minimum absolute atomic E-state index is 0.0476. The maximum atomic E-state index is 13.7. The summed E-state index contributed by atoms with van der Waals surface area (Å²) < 4.78 is 22.2. The molecule has 1 amide bonds. The Kier molecular flexibility index (Phi) is 7.20. The fraction of sp³-hybridized carbons (Fsp3) is 0.182. The van der Waals surface area contributed by atoms with E-state index in [-0.39, 0.29) is 24.0 Å². The number of halogens is 1. The number of carbonyl (C=O) groups excluding carboxylic acids is 1. The second kappa shape index (κ2) is 10.5. The molecule has 2 N–H and O–H groups in total. The number of ether oxygens (including phenoxy) is 1. The SMILES string of the molecule is Cc1ccc(Cn2ccsc2=NC(=O)CSc2nnc(COc3ccccc3F)n2N)cc1. The van der Waals surface area contributed by atoms with E-state index >= 15 is 0 Å². The number of benzene rings is 2. The first-order chi connectivity index (χ1) is 16.0. The van der Waals surface area contributed by atoms with Gasteiger partial charge in [0.15, 0.2) is 22.2 Å². The van der Waals surface area contributed by atoms with Crippen molar-refractivity contribution in [2.75, 3.05) is 11.6 Å². The van der Waals surface area contributed by atoms with Gasteiger partial charge in [-0.2, -0.15) is 4.99 Å². The van der Waals surface area contributed by atoms with E-state index in [2.05, 4.69) is 39.5 Å². The number of thioether (sulfide) groups is 1. The van der Waals surface area contributed by atoms with Crippen molar-refractivity contribution in [3.8, 4) is 5.75 Å². The molecule has 0 unspecified atom stereocenters. The first kappa shape index (κ1) is 22.7. The number of thiazole rings is 1. The number of carbonyl (C=O) groups is 1. The zero-order valence-corrected chi connectivity index (χ0v) is 19.4. The Morgan fingerprint density at radius 2 is 2.00 bits per heavy atom.